The maximum Gasteiger partial charge on any atom is 0.252 e. The number of hydrogen-bond donors (Lipinski definition) is 0. The van der Waals surface area contributed by atoms with Gasteiger partial charge in [-0.05, 0) is 11.4 Å². The van der Waals surface area contributed by atoms with Gasteiger partial charge in [0, 0.05) is 33.3 Å². The van der Waals surface area contributed by atoms with E-state index in [1.54, 1.807) is 29.5 Å². The summed E-state index contributed by atoms with van der Waals surface area (Å²) in [5.74, 6) is 0.0139. The number of piperazine rings is 1. The molecule has 0 saturated carbocycles. The second-order valence-corrected chi connectivity index (χ2v) is 7.57. The average molecular weight is 318 g/mol. The number of carbonyl (C=O) groups is 1. The summed E-state index contributed by atoms with van der Waals surface area (Å²) in [4.78, 5) is 13.5. The van der Waals surface area contributed by atoms with E-state index in [2.05, 4.69) is 0 Å². The number of nitrogens with zero attached hydrogens (tertiary/aromatic N) is 2. The predicted octanol–water partition coefficient (Wildman–Crippen LogP) is 0.617. The van der Waals surface area contributed by atoms with Gasteiger partial charge in [-0.1, -0.05) is 6.07 Å². The largest absolute Gasteiger partial charge is 0.384 e. The highest BCUT2D eigenvalue weighted by atomic mass is 32.2. The molecule has 1 fully saturated rings. The lowest BCUT2D eigenvalue weighted by molar-refractivity contribution is -0.133. The number of rotatable bonds is 5. The molecule has 1 amide bonds. The minimum atomic E-state index is -3.40. The van der Waals surface area contributed by atoms with Gasteiger partial charge in [-0.15, -0.1) is 11.3 Å². The maximum absolute atomic E-state index is 12.3. The van der Waals surface area contributed by atoms with Crippen molar-refractivity contribution < 1.29 is 17.9 Å². The topological polar surface area (TPSA) is 66.9 Å². The summed E-state index contributed by atoms with van der Waals surface area (Å²) in [5.41, 5.74) is 0. The first kappa shape index (κ1) is 15.4. The number of methoxy groups -OCH3 is 1. The molecular weight excluding hydrogens is 300 g/mol. The SMILES string of the molecule is COCCC(=O)N1CCN(S(=O)(=O)c2cccs2)CC1. The molecule has 1 aromatic rings. The van der Waals surface area contributed by atoms with Crippen LogP contribution in [0.3, 0.4) is 0 Å². The number of hydrogen-bond acceptors (Lipinski definition) is 5. The van der Waals surface area contributed by atoms with Crippen LogP contribution in [0, 0.1) is 0 Å². The van der Waals surface area contributed by atoms with Gasteiger partial charge in [0.25, 0.3) is 10.0 Å². The minimum Gasteiger partial charge on any atom is -0.384 e. The Hall–Kier alpha value is -0.960. The third kappa shape index (κ3) is 3.38. The molecule has 0 aromatic carbocycles. The molecule has 2 heterocycles. The zero-order chi connectivity index (χ0) is 14.6. The molecule has 1 aliphatic heterocycles. The lowest BCUT2D eigenvalue weighted by Crippen LogP contribution is -2.50. The first-order valence-electron chi connectivity index (χ1n) is 6.36. The Morgan fingerprint density at radius 2 is 2.05 bits per heavy atom. The van der Waals surface area contributed by atoms with Crippen molar-refractivity contribution in [3.63, 3.8) is 0 Å². The summed E-state index contributed by atoms with van der Waals surface area (Å²) in [6, 6.07) is 3.33. The summed E-state index contributed by atoms with van der Waals surface area (Å²) in [6.45, 7) is 1.96. The van der Waals surface area contributed by atoms with Crippen LogP contribution in [0.4, 0.5) is 0 Å². The molecule has 1 saturated heterocycles. The van der Waals surface area contributed by atoms with Gasteiger partial charge in [-0.25, -0.2) is 8.42 Å². The van der Waals surface area contributed by atoms with Crippen LogP contribution < -0.4 is 0 Å². The lowest BCUT2D eigenvalue weighted by atomic mass is 10.3. The van der Waals surface area contributed by atoms with E-state index in [4.69, 9.17) is 4.74 Å². The van der Waals surface area contributed by atoms with Crippen LogP contribution in [-0.2, 0) is 19.6 Å². The van der Waals surface area contributed by atoms with Crippen LogP contribution in [-0.4, -0.2) is 63.4 Å². The van der Waals surface area contributed by atoms with Gasteiger partial charge in [-0.3, -0.25) is 4.79 Å². The molecule has 0 unspecified atom stereocenters. The van der Waals surface area contributed by atoms with Crippen molar-refractivity contribution in [2.75, 3.05) is 39.9 Å². The van der Waals surface area contributed by atoms with Crippen molar-refractivity contribution in [1.82, 2.24) is 9.21 Å². The molecular formula is C12H18N2O4S2. The van der Waals surface area contributed by atoms with Crippen molar-refractivity contribution >= 4 is 27.3 Å². The summed E-state index contributed by atoms with van der Waals surface area (Å²) in [6.07, 6.45) is 0.341. The smallest absolute Gasteiger partial charge is 0.252 e. The van der Waals surface area contributed by atoms with Crippen molar-refractivity contribution in [3.8, 4) is 0 Å². The summed E-state index contributed by atoms with van der Waals surface area (Å²) in [5, 5.41) is 1.75. The standard InChI is InChI=1S/C12H18N2O4S2/c1-18-9-4-11(15)13-5-7-14(8-6-13)20(16,17)12-3-2-10-19-12/h2-3,10H,4-9H2,1H3. The van der Waals surface area contributed by atoms with E-state index >= 15 is 0 Å². The van der Waals surface area contributed by atoms with Crippen LogP contribution in [0.5, 0.6) is 0 Å². The minimum absolute atomic E-state index is 0.0139. The van der Waals surface area contributed by atoms with Gasteiger partial charge in [-0.2, -0.15) is 4.31 Å². The number of thiophene rings is 1. The first-order chi connectivity index (χ1) is 9.55. The Morgan fingerprint density at radius 3 is 2.60 bits per heavy atom. The van der Waals surface area contributed by atoms with E-state index in [-0.39, 0.29) is 5.91 Å². The highest BCUT2D eigenvalue weighted by Gasteiger charge is 2.30. The second-order valence-electron chi connectivity index (χ2n) is 4.46. The van der Waals surface area contributed by atoms with Gasteiger partial charge < -0.3 is 9.64 Å². The van der Waals surface area contributed by atoms with Gasteiger partial charge in [0.1, 0.15) is 4.21 Å². The highest BCUT2D eigenvalue weighted by molar-refractivity contribution is 7.91. The van der Waals surface area contributed by atoms with Crippen LogP contribution in [0.2, 0.25) is 0 Å². The first-order valence-corrected chi connectivity index (χ1v) is 8.68. The fourth-order valence-electron chi connectivity index (χ4n) is 2.06. The predicted molar refractivity (Wildman–Crippen MR) is 76.2 cm³/mol. The van der Waals surface area contributed by atoms with Crippen molar-refractivity contribution in [1.29, 1.82) is 0 Å². The quantitative estimate of drug-likeness (QED) is 0.798. The molecule has 0 atom stereocenters. The Kier molecular flexibility index (Phi) is 5.14. The molecule has 0 spiro atoms. The van der Waals surface area contributed by atoms with E-state index in [0.717, 1.165) is 0 Å². The third-order valence-corrected chi connectivity index (χ3v) is 6.47. The lowest BCUT2D eigenvalue weighted by Gasteiger charge is -2.33. The summed E-state index contributed by atoms with van der Waals surface area (Å²) in [7, 11) is -1.84. The number of carbonyl (C=O) groups excluding carboxylic acids is 1. The molecule has 8 heteroatoms. The van der Waals surface area contributed by atoms with E-state index < -0.39 is 10.0 Å². The zero-order valence-corrected chi connectivity index (χ0v) is 13.0. The molecule has 0 N–H and O–H groups in total. The molecule has 112 valence electrons. The highest BCUT2D eigenvalue weighted by Crippen LogP contribution is 2.22. The molecule has 1 aliphatic rings. The summed E-state index contributed by atoms with van der Waals surface area (Å²) < 4.78 is 31.3. The fraction of sp³-hybridized carbons (Fsp3) is 0.583. The number of ether oxygens (including phenoxy) is 1. The van der Waals surface area contributed by atoms with Crippen LogP contribution in [0.25, 0.3) is 0 Å². The molecule has 0 bridgehead atoms. The second kappa shape index (κ2) is 6.66. The van der Waals surface area contributed by atoms with E-state index in [0.29, 0.717) is 43.4 Å². The number of amides is 1. The zero-order valence-electron chi connectivity index (χ0n) is 11.3. The van der Waals surface area contributed by atoms with Gasteiger partial charge >= 0.3 is 0 Å². The monoisotopic (exact) mass is 318 g/mol. The average Bonchev–Trinajstić information content (AvgIpc) is 3.00. The van der Waals surface area contributed by atoms with Gasteiger partial charge in [0.15, 0.2) is 0 Å². The van der Waals surface area contributed by atoms with Crippen LogP contribution >= 0.6 is 11.3 Å². The fourth-order valence-corrected chi connectivity index (χ4v) is 4.63. The molecule has 20 heavy (non-hydrogen) atoms. The normalized spacial score (nSPS) is 17.4. The Morgan fingerprint density at radius 1 is 1.35 bits per heavy atom. The van der Waals surface area contributed by atoms with Crippen LogP contribution in [0.1, 0.15) is 6.42 Å². The molecule has 2 rings (SSSR count). The van der Waals surface area contributed by atoms with E-state index in [1.807, 2.05) is 0 Å². The van der Waals surface area contributed by atoms with E-state index in [1.165, 1.54) is 15.6 Å². The third-order valence-electron chi connectivity index (χ3n) is 3.20. The van der Waals surface area contributed by atoms with Gasteiger partial charge in [0.05, 0.1) is 13.0 Å². The van der Waals surface area contributed by atoms with Crippen molar-refractivity contribution in [2.24, 2.45) is 0 Å². The maximum atomic E-state index is 12.3. The van der Waals surface area contributed by atoms with Crippen molar-refractivity contribution in [2.45, 2.75) is 10.6 Å². The molecule has 6 nitrogen and oxygen atoms in total. The van der Waals surface area contributed by atoms with Gasteiger partial charge in [0.2, 0.25) is 5.91 Å². The Balaban J connectivity index is 1.93. The summed E-state index contributed by atoms with van der Waals surface area (Å²) >= 11 is 1.22. The molecule has 0 radical (unpaired) electrons. The van der Waals surface area contributed by atoms with E-state index in [9.17, 15) is 13.2 Å². The Labute approximate surface area is 123 Å². The molecule has 0 aliphatic carbocycles. The van der Waals surface area contributed by atoms with Crippen LogP contribution in [0.15, 0.2) is 21.7 Å². The number of sulfonamides is 1. The Bertz CT molecular complexity index is 534. The molecule has 1 aromatic heterocycles. The van der Waals surface area contributed by atoms with Crippen molar-refractivity contribution in [3.05, 3.63) is 17.5 Å².